The molecule has 2 aromatic heterocycles. The third-order valence-corrected chi connectivity index (χ3v) is 4.49. The van der Waals surface area contributed by atoms with Gasteiger partial charge in [0.05, 0.1) is 24.5 Å². The number of alkyl halides is 2. The summed E-state index contributed by atoms with van der Waals surface area (Å²) in [5, 5.41) is 0.320. The zero-order chi connectivity index (χ0) is 18.1. The molecule has 0 aliphatic carbocycles. The van der Waals surface area contributed by atoms with Crippen molar-refractivity contribution >= 4 is 17.5 Å². The lowest BCUT2D eigenvalue weighted by Gasteiger charge is -2.24. The lowest BCUT2D eigenvalue weighted by Crippen LogP contribution is -2.28. The predicted octanol–water partition coefficient (Wildman–Crippen LogP) is 3.80. The Morgan fingerprint density at radius 2 is 2.16 bits per heavy atom. The van der Waals surface area contributed by atoms with E-state index in [0.29, 0.717) is 39.8 Å². The maximum Gasteiger partial charge on any atom is 0.272 e. The van der Waals surface area contributed by atoms with E-state index < -0.39 is 13.0 Å². The first-order valence-corrected chi connectivity index (χ1v) is 8.08. The number of rotatable bonds is 5. The van der Waals surface area contributed by atoms with Crippen LogP contribution in [-0.4, -0.2) is 33.8 Å². The van der Waals surface area contributed by atoms with Crippen molar-refractivity contribution in [2.75, 3.05) is 6.61 Å². The van der Waals surface area contributed by atoms with Crippen LogP contribution in [0.5, 0.6) is 5.75 Å². The number of aromatic nitrogens is 2. The fraction of sp³-hybridized carbons (Fsp3) is 0.353. The molecule has 0 bridgehead atoms. The van der Waals surface area contributed by atoms with Gasteiger partial charge in [0.1, 0.15) is 17.5 Å². The number of hydrogen-bond donors (Lipinski definition) is 0. The van der Waals surface area contributed by atoms with Crippen LogP contribution in [0.4, 0.5) is 8.78 Å². The second-order valence-corrected chi connectivity index (χ2v) is 6.17. The quantitative estimate of drug-likeness (QED) is 0.754. The number of amides is 1. The molecule has 1 aliphatic heterocycles. The molecule has 8 heteroatoms. The molecule has 0 saturated carbocycles. The minimum Gasteiger partial charge on any atom is -0.486 e. The Hall–Kier alpha value is -2.28. The van der Waals surface area contributed by atoms with E-state index in [4.69, 9.17) is 16.3 Å². The summed E-state index contributed by atoms with van der Waals surface area (Å²) < 4.78 is 29.6. The lowest BCUT2D eigenvalue weighted by atomic mass is 10.1. The number of ether oxygens (including phenoxy) is 1. The summed E-state index contributed by atoms with van der Waals surface area (Å²) in [6, 6.07) is 3.08. The lowest BCUT2D eigenvalue weighted by molar-refractivity contribution is 0.0710. The molecule has 0 saturated heterocycles. The number of pyridine rings is 2. The molecule has 3 rings (SSSR count). The molecule has 1 aliphatic rings. The SMILES string of the molecule is Cc1cc(C(C)N2Cc3c(ccnc3Cl)C2=O)ncc1OCC(F)F. The average Bonchev–Trinajstić information content (AvgIpc) is 2.91. The summed E-state index contributed by atoms with van der Waals surface area (Å²) in [6.07, 6.45) is 0.369. The highest BCUT2D eigenvalue weighted by molar-refractivity contribution is 6.30. The summed E-state index contributed by atoms with van der Waals surface area (Å²) in [5.74, 6) is 0.170. The van der Waals surface area contributed by atoms with Gasteiger partial charge in [0.2, 0.25) is 0 Å². The third-order valence-electron chi connectivity index (χ3n) is 4.17. The van der Waals surface area contributed by atoms with Crippen LogP contribution in [0.3, 0.4) is 0 Å². The highest BCUT2D eigenvalue weighted by atomic mass is 35.5. The molecule has 0 spiro atoms. The zero-order valence-electron chi connectivity index (χ0n) is 13.7. The van der Waals surface area contributed by atoms with Gasteiger partial charge in [0.15, 0.2) is 0 Å². The largest absolute Gasteiger partial charge is 0.486 e. The molecule has 1 atom stereocenters. The van der Waals surface area contributed by atoms with Crippen molar-refractivity contribution in [3.63, 3.8) is 0 Å². The number of halogens is 3. The molecule has 1 unspecified atom stereocenters. The Kier molecular flexibility index (Phi) is 4.85. The Morgan fingerprint density at radius 3 is 2.80 bits per heavy atom. The number of carbonyl (C=O) groups excluding carboxylic acids is 1. The minimum atomic E-state index is -2.54. The molecule has 0 radical (unpaired) electrons. The molecule has 5 nitrogen and oxygen atoms in total. The van der Waals surface area contributed by atoms with Gasteiger partial charge < -0.3 is 9.64 Å². The first-order chi connectivity index (χ1) is 11.9. The smallest absolute Gasteiger partial charge is 0.272 e. The van der Waals surface area contributed by atoms with E-state index in [9.17, 15) is 13.6 Å². The highest BCUT2D eigenvalue weighted by Gasteiger charge is 2.33. The first-order valence-electron chi connectivity index (χ1n) is 7.70. The van der Waals surface area contributed by atoms with Gasteiger partial charge in [-0.25, -0.2) is 13.8 Å². The van der Waals surface area contributed by atoms with Crippen LogP contribution < -0.4 is 4.74 Å². The average molecular weight is 368 g/mol. The van der Waals surface area contributed by atoms with Crippen molar-refractivity contribution in [1.82, 2.24) is 14.9 Å². The van der Waals surface area contributed by atoms with Crippen LogP contribution >= 0.6 is 11.6 Å². The second kappa shape index (κ2) is 6.92. The molecular formula is C17H16ClF2N3O2. The number of hydrogen-bond acceptors (Lipinski definition) is 4. The van der Waals surface area contributed by atoms with E-state index >= 15 is 0 Å². The summed E-state index contributed by atoms with van der Waals surface area (Å²) in [5.41, 5.74) is 2.57. The highest BCUT2D eigenvalue weighted by Crippen LogP contribution is 2.34. The fourth-order valence-corrected chi connectivity index (χ4v) is 3.00. The van der Waals surface area contributed by atoms with Crippen LogP contribution in [0.25, 0.3) is 0 Å². The standard InChI is InChI=1S/C17H16ClF2N3O2/c1-9-5-13(22-6-14(9)25-8-15(19)20)10(2)23-7-12-11(17(23)24)3-4-21-16(12)18/h3-6,10,15H,7-8H2,1-2H3. The fourth-order valence-electron chi connectivity index (χ4n) is 2.78. The molecule has 0 aromatic carbocycles. The molecule has 0 fully saturated rings. The molecular weight excluding hydrogens is 352 g/mol. The van der Waals surface area contributed by atoms with E-state index in [-0.39, 0.29) is 11.9 Å². The van der Waals surface area contributed by atoms with Crippen molar-refractivity contribution in [1.29, 1.82) is 0 Å². The Morgan fingerprint density at radius 1 is 1.40 bits per heavy atom. The van der Waals surface area contributed by atoms with Gasteiger partial charge in [-0.1, -0.05) is 11.6 Å². The number of aryl methyl sites for hydroxylation is 1. The summed E-state index contributed by atoms with van der Waals surface area (Å²) in [7, 11) is 0. The van der Waals surface area contributed by atoms with E-state index in [0.717, 1.165) is 0 Å². The maximum atomic E-state index is 12.6. The molecule has 2 aromatic rings. The van der Waals surface area contributed by atoms with Crippen molar-refractivity contribution in [3.05, 3.63) is 52.1 Å². The Balaban J connectivity index is 1.80. The van der Waals surface area contributed by atoms with Gasteiger partial charge in [0.25, 0.3) is 12.3 Å². The topological polar surface area (TPSA) is 55.3 Å². The molecule has 132 valence electrons. The van der Waals surface area contributed by atoms with Crippen molar-refractivity contribution in [3.8, 4) is 5.75 Å². The molecule has 25 heavy (non-hydrogen) atoms. The molecule has 0 N–H and O–H groups in total. The van der Waals surface area contributed by atoms with Crippen molar-refractivity contribution in [2.45, 2.75) is 32.9 Å². The monoisotopic (exact) mass is 367 g/mol. The van der Waals surface area contributed by atoms with Gasteiger partial charge in [0, 0.05) is 17.3 Å². The Bertz CT molecular complexity index is 816. The first kappa shape index (κ1) is 17.5. The summed E-state index contributed by atoms with van der Waals surface area (Å²) in [4.78, 5) is 22.5. The minimum absolute atomic E-state index is 0.135. The van der Waals surface area contributed by atoms with Crippen LogP contribution in [0.1, 0.15) is 40.1 Å². The molecule has 1 amide bonds. The van der Waals surface area contributed by atoms with Gasteiger partial charge in [-0.3, -0.25) is 9.78 Å². The van der Waals surface area contributed by atoms with E-state index in [1.165, 1.54) is 12.4 Å². The molecule has 3 heterocycles. The van der Waals surface area contributed by atoms with E-state index in [1.807, 2.05) is 6.92 Å². The number of carbonyl (C=O) groups is 1. The number of nitrogens with zero attached hydrogens (tertiary/aromatic N) is 3. The predicted molar refractivity (Wildman–Crippen MR) is 88.0 cm³/mol. The van der Waals surface area contributed by atoms with Gasteiger partial charge in [-0.05, 0) is 31.5 Å². The summed E-state index contributed by atoms with van der Waals surface area (Å²) >= 11 is 6.07. The maximum absolute atomic E-state index is 12.6. The zero-order valence-corrected chi connectivity index (χ0v) is 14.4. The third kappa shape index (κ3) is 3.42. The van der Waals surface area contributed by atoms with Crippen molar-refractivity contribution < 1.29 is 18.3 Å². The van der Waals surface area contributed by atoms with Gasteiger partial charge in [-0.15, -0.1) is 0 Å². The van der Waals surface area contributed by atoms with Gasteiger partial charge in [-0.2, -0.15) is 0 Å². The van der Waals surface area contributed by atoms with Crippen molar-refractivity contribution in [2.24, 2.45) is 0 Å². The van der Waals surface area contributed by atoms with Crippen LogP contribution in [0, 0.1) is 6.92 Å². The van der Waals surface area contributed by atoms with Crippen LogP contribution in [0.15, 0.2) is 24.5 Å². The van der Waals surface area contributed by atoms with Crippen LogP contribution in [-0.2, 0) is 6.54 Å². The van der Waals surface area contributed by atoms with E-state index in [2.05, 4.69) is 9.97 Å². The van der Waals surface area contributed by atoms with Gasteiger partial charge >= 0.3 is 0 Å². The normalized spacial score (nSPS) is 14.8. The second-order valence-electron chi connectivity index (χ2n) is 5.81. The number of fused-ring (bicyclic) bond motifs is 1. The van der Waals surface area contributed by atoms with E-state index in [1.54, 1.807) is 24.0 Å². The summed E-state index contributed by atoms with van der Waals surface area (Å²) in [6.45, 7) is 3.28. The Labute approximate surface area is 148 Å². The van der Waals surface area contributed by atoms with Crippen LogP contribution in [0.2, 0.25) is 5.15 Å².